The van der Waals surface area contributed by atoms with E-state index in [4.69, 9.17) is 5.73 Å². The van der Waals surface area contributed by atoms with Crippen molar-refractivity contribution in [1.29, 1.82) is 0 Å². The van der Waals surface area contributed by atoms with Gasteiger partial charge in [-0.25, -0.2) is 13.1 Å². The molecule has 4 N–H and O–H groups in total. The third-order valence-electron chi connectivity index (χ3n) is 2.99. The minimum absolute atomic E-state index is 0.0765. The van der Waals surface area contributed by atoms with Crippen LogP contribution >= 0.6 is 11.3 Å². The molecule has 1 aliphatic carbocycles. The van der Waals surface area contributed by atoms with Gasteiger partial charge in [-0.2, -0.15) is 0 Å². The molecule has 1 saturated carbocycles. The maximum atomic E-state index is 11.9. The molecule has 0 aromatic carbocycles. The van der Waals surface area contributed by atoms with Crippen LogP contribution in [0, 0.1) is 0 Å². The van der Waals surface area contributed by atoms with Crippen LogP contribution < -0.4 is 10.5 Å². The standard InChI is InChI=1S/C10H16N2O3S2/c11-8-5-9(16-6-8)17(14,15)12-7-10(13)3-1-2-4-10/h5-6,12-13H,1-4,7,11H2. The van der Waals surface area contributed by atoms with E-state index < -0.39 is 15.6 Å². The second kappa shape index (κ2) is 4.56. The molecule has 1 aromatic rings. The maximum absolute atomic E-state index is 11.9. The van der Waals surface area contributed by atoms with E-state index in [0.717, 1.165) is 24.2 Å². The fourth-order valence-electron chi connectivity index (χ4n) is 1.98. The van der Waals surface area contributed by atoms with Crippen molar-refractivity contribution in [3.63, 3.8) is 0 Å². The molecule has 2 rings (SSSR count). The zero-order valence-electron chi connectivity index (χ0n) is 9.35. The number of sulfonamides is 1. The lowest BCUT2D eigenvalue weighted by atomic mass is 10.0. The van der Waals surface area contributed by atoms with Gasteiger partial charge in [-0.1, -0.05) is 12.8 Å². The van der Waals surface area contributed by atoms with Crippen LogP contribution in [-0.4, -0.2) is 25.7 Å². The third-order valence-corrected chi connectivity index (χ3v) is 5.85. The van der Waals surface area contributed by atoms with Crippen LogP contribution in [0.25, 0.3) is 0 Å². The normalized spacial score (nSPS) is 19.6. The van der Waals surface area contributed by atoms with Gasteiger partial charge >= 0.3 is 0 Å². The summed E-state index contributed by atoms with van der Waals surface area (Å²) in [6.45, 7) is 0.0765. The van der Waals surface area contributed by atoms with Gasteiger partial charge < -0.3 is 10.8 Å². The van der Waals surface area contributed by atoms with Gasteiger partial charge in [-0.3, -0.25) is 0 Å². The monoisotopic (exact) mass is 276 g/mol. The Hall–Kier alpha value is -0.630. The lowest BCUT2D eigenvalue weighted by Gasteiger charge is -2.21. The Bertz CT molecular complexity index is 489. The van der Waals surface area contributed by atoms with E-state index in [-0.39, 0.29) is 10.8 Å². The molecule has 1 fully saturated rings. The van der Waals surface area contributed by atoms with E-state index in [2.05, 4.69) is 4.72 Å². The average Bonchev–Trinajstić information content (AvgIpc) is 2.86. The van der Waals surface area contributed by atoms with Crippen LogP contribution in [0.4, 0.5) is 5.69 Å². The largest absolute Gasteiger partial charge is 0.398 e. The Kier molecular flexibility index (Phi) is 3.44. The van der Waals surface area contributed by atoms with Gasteiger partial charge in [0.05, 0.1) is 5.60 Å². The second-order valence-corrected chi connectivity index (χ2v) is 7.36. The first-order valence-electron chi connectivity index (χ1n) is 5.47. The van der Waals surface area contributed by atoms with E-state index in [1.54, 1.807) is 5.38 Å². The Morgan fingerprint density at radius 3 is 2.65 bits per heavy atom. The summed E-state index contributed by atoms with van der Waals surface area (Å²) in [4.78, 5) is 0. The number of anilines is 1. The number of nitrogens with two attached hydrogens (primary N) is 1. The fraction of sp³-hybridized carbons (Fsp3) is 0.600. The summed E-state index contributed by atoms with van der Waals surface area (Å²) < 4.78 is 26.4. The van der Waals surface area contributed by atoms with E-state index in [1.165, 1.54) is 6.07 Å². The Labute approximate surface area is 105 Å². The summed E-state index contributed by atoms with van der Waals surface area (Å²) in [5.74, 6) is 0. The van der Waals surface area contributed by atoms with Gasteiger partial charge in [-0.15, -0.1) is 11.3 Å². The van der Waals surface area contributed by atoms with Crippen LogP contribution in [-0.2, 0) is 10.0 Å². The highest BCUT2D eigenvalue weighted by atomic mass is 32.2. The number of thiophene rings is 1. The zero-order valence-corrected chi connectivity index (χ0v) is 11.0. The number of nitrogens with one attached hydrogen (secondary N) is 1. The van der Waals surface area contributed by atoms with Crippen molar-refractivity contribution in [2.24, 2.45) is 0 Å². The summed E-state index contributed by atoms with van der Waals surface area (Å²) >= 11 is 1.08. The highest BCUT2D eigenvalue weighted by molar-refractivity contribution is 7.91. The summed E-state index contributed by atoms with van der Waals surface area (Å²) in [5, 5.41) is 11.6. The predicted molar refractivity (Wildman–Crippen MR) is 67.3 cm³/mol. The summed E-state index contributed by atoms with van der Waals surface area (Å²) in [7, 11) is -3.54. The Morgan fingerprint density at radius 2 is 2.12 bits per heavy atom. The van der Waals surface area contributed by atoms with Crippen molar-refractivity contribution >= 4 is 27.0 Å². The highest BCUT2D eigenvalue weighted by Gasteiger charge is 2.32. The van der Waals surface area contributed by atoms with Crippen LogP contribution in [0.1, 0.15) is 25.7 Å². The van der Waals surface area contributed by atoms with E-state index >= 15 is 0 Å². The molecule has 7 heteroatoms. The molecule has 0 unspecified atom stereocenters. The minimum Gasteiger partial charge on any atom is -0.398 e. The van der Waals surface area contributed by atoms with E-state index in [0.29, 0.717) is 18.5 Å². The number of rotatable bonds is 4. The maximum Gasteiger partial charge on any atom is 0.250 e. The second-order valence-electron chi connectivity index (χ2n) is 4.46. The van der Waals surface area contributed by atoms with E-state index in [1.807, 2.05) is 0 Å². The van der Waals surface area contributed by atoms with Crippen LogP contribution in [0.2, 0.25) is 0 Å². The van der Waals surface area contributed by atoms with Crippen molar-refractivity contribution in [2.45, 2.75) is 35.5 Å². The van der Waals surface area contributed by atoms with Crippen LogP contribution in [0.5, 0.6) is 0 Å². The van der Waals surface area contributed by atoms with Gasteiger partial charge in [0.25, 0.3) is 0 Å². The van der Waals surface area contributed by atoms with Crippen molar-refractivity contribution in [1.82, 2.24) is 4.72 Å². The molecule has 0 spiro atoms. The van der Waals surface area contributed by atoms with Crippen LogP contribution in [0.15, 0.2) is 15.7 Å². The number of hydrogen-bond acceptors (Lipinski definition) is 5. The third kappa shape index (κ3) is 2.98. The van der Waals surface area contributed by atoms with Gasteiger partial charge in [0.15, 0.2) is 0 Å². The van der Waals surface area contributed by atoms with Gasteiger partial charge in [-0.05, 0) is 18.9 Å². The molecule has 5 nitrogen and oxygen atoms in total. The first-order chi connectivity index (χ1) is 7.91. The summed E-state index contributed by atoms with van der Waals surface area (Å²) in [5.41, 5.74) is 5.05. The molecule has 0 saturated heterocycles. The smallest absolute Gasteiger partial charge is 0.250 e. The minimum atomic E-state index is -3.54. The highest BCUT2D eigenvalue weighted by Crippen LogP contribution is 2.29. The first-order valence-corrected chi connectivity index (χ1v) is 7.84. The lowest BCUT2D eigenvalue weighted by Crippen LogP contribution is -2.40. The SMILES string of the molecule is Nc1csc(S(=O)(=O)NCC2(O)CCCC2)c1. The molecular weight excluding hydrogens is 260 g/mol. The predicted octanol–water partition coefficient (Wildman–Crippen LogP) is 0.914. The van der Waals surface area contributed by atoms with Gasteiger partial charge in [0, 0.05) is 17.6 Å². The summed E-state index contributed by atoms with van der Waals surface area (Å²) in [6, 6.07) is 1.42. The summed E-state index contributed by atoms with van der Waals surface area (Å²) in [6.07, 6.45) is 3.21. The van der Waals surface area contributed by atoms with Crippen LogP contribution in [0.3, 0.4) is 0 Å². The van der Waals surface area contributed by atoms with Gasteiger partial charge in [0.2, 0.25) is 10.0 Å². The molecular formula is C10H16N2O3S2. The van der Waals surface area contributed by atoms with Gasteiger partial charge in [0.1, 0.15) is 4.21 Å². The molecule has 96 valence electrons. The number of nitrogen functional groups attached to an aromatic ring is 1. The molecule has 1 aliphatic rings. The van der Waals surface area contributed by atoms with Crippen molar-refractivity contribution < 1.29 is 13.5 Å². The molecule has 17 heavy (non-hydrogen) atoms. The van der Waals surface area contributed by atoms with Crippen molar-refractivity contribution in [2.75, 3.05) is 12.3 Å². The molecule has 1 aromatic heterocycles. The number of aliphatic hydroxyl groups is 1. The molecule has 0 bridgehead atoms. The zero-order chi connectivity index (χ0) is 12.5. The molecule has 0 aliphatic heterocycles. The fourth-order valence-corrected chi connectivity index (χ4v) is 4.23. The Morgan fingerprint density at radius 1 is 1.47 bits per heavy atom. The Balaban J connectivity index is 2.03. The molecule has 0 amide bonds. The topological polar surface area (TPSA) is 92.4 Å². The average molecular weight is 276 g/mol. The van der Waals surface area contributed by atoms with Crippen molar-refractivity contribution in [3.8, 4) is 0 Å². The number of hydrogen-bond donors (Lipinski definition) is 3. The molecule has 0 atom stereocenters. The lowest BCUT2D eigenvalue weighted by molar-refractivity contribution is 0.0532. The first kappa shape index (κ1) is 12.8. The quantitative estimate of drug-likeness (QED) is 0.762. The van der Waals surface area contributed by atoms with E-state index in [9.17, 15) is 13.5 Å². The van der Waals surface area contributed by atoms with Crippen molar-refractivity contribution in [3.05, 3.63) is 11.4 Å². The molecule has 0 radical (unpaired) electrons. The molecule has 1 heterocycles.